The molecule has 1 aromatic rings. The van der Waals surface area contributed by atoms with E-state index in [-0.39, 0.29) is 35.8 Å². The molecular weight excluding hydrogens is 330 g/mol. The Morgan fingerprint density at radius 1 is 1.28 bits per heavy atom. The molecule has 1 aromatic carbocycles. The number of alkyl halides is 2. The van der Waals surface area contributed by atoms with E-state index < -0.39 is 6.61 Å². The maximum atomic E-state index is 12.6. The number of carbonyl (C=O) groups excluding carboxylic acids is 1. The Morgan fingerprint density at radius 2 is 2.12 bits per heavy atom. The van der Waals surface area contributed by atoms with Gasteiger partial charge in [0.2, 0.25) is 5.91 Å². The number of para-hydroxylation sites is 2. The molecule has 3 aliphatic rings. The molecule has 0 unspecified atom stereocenters. The van der Waals surface area contributed by atoms with Crippen molar-refractivity contribution in [3.05, 3.63) is 24.3 Å². The number of anilines is 1. The number of rotatable bonds is 5. The van der Waals surface area contributed by atoms with Crippen LogP contribution in [0.5, 0.6) is 5.75 Å². The summed E-state index contributed by atoms with van der Waals surface area (Å²) in [5, 5.41) is 3.12. The quantitative estimate of drug-likeness (QED) is 0.885. The van der Waals surface area contributed by atoms with Gasteiger partial charge in [-0.25, -0.2) is 0 Å². The second kappa shape index (κ2) is 6.78. The van der Waals surface area contributed by atoms with Crippen LogP contribution in [-0.4, -0.2) is 43.9 Å². The maximum absolute atomic E-state index is 12.6. The first-order chi connectivity index (χ1) is 12.1. The summed E-state index contributed by atoms with van der Waals surface area (Å²) in [6, 6.07) is 6.80. The molecular formula is C18H22F2N2O3. The molecule has 0 radical (unpaired) electrons. The van der Waals surface area contributed by atoms with Gasteiger partial charge in [-0.05, 0) is 37.8 Å². The summed E-state index contributed by atoms with van der Waals surface area (Å²) in [5.41, 5.74) is 0.641. The van der Waals surface area contributed by atoms with Gasteiger partial charge in [0.15, 0.2) is 0 Å². The summed E-state index contributed by atoms with van der Waals surface area (Å²) >= 11 is 0. The minimum absolute atomic E-state index is 0.0197. The fourth-order valence-corrected chi connectivity index (χ4v) is 4.23. The molecule has 2 bridgehead atoms. The molecule has 7 heteroatoms. The Labute approximate surface area is 145 Å². The van der Waals surface area contributed by atoms with E-state index >= 15 is 0 Å². The predicted molar refractivity (Wildman–Crippen MR) is 87.8 cm³/mol. The van der Waals surface area contributed by atoms with Crippen LogP contribution < -0.4 is 15.0 Å². The lowest BCUT2D eigenvalue weighted by molar-refractivity contribution is -0.127. The number of nitrogens with zero attached hydrogens (tertiary/aromatic N) is 1. The van der Waals surface area contributed by atoms with E-state index in [1.807, 2.05) is 4.90 Å². The van der Waals surface area contributed by atoms with E-state index in [1.165, 1.54) is 0 Å². The van der Waals surface area contributed by atoms with Gasteiger partial charge in [0, 0.05) is 19.1 Å². The summed E-state index contributed by atoms with van der Waals surface area (Å²) in [5.74, 6) is 0.199. The number of carbonyl (C=O) groups is 1. The number of hydrogen-bond donors (Lipinski definition) is 1. The Kier molecular flexibility index (Phi) is 4.50. The number of fused-ring (bicyclic) bond motifs is 2. The summed E-state index contributed by atoms with van der Waals surface area (Å²) in [6.45, 7) is -1.56. The standard InChI is InChI=1S/C18H22F2N2O3/c19-18(20)25-16-4-2-1-3-14(16)22-8-7-11(10-22)21-17(23)13-9-12-5-6-15(13)24-12/h1-4,11-13,15,18H,5-10H2,(H,21,23)/t11-,12-,13-,15-/m1/s1. The molecule has 136 valence electrons. The van der Waals surface area contributed by atoms with Gasteiger partial charge in [0.25, 0.3) is 0 Å². The monoisotopic (exact) mass is 352 g/mol. The second-order valence-corrected chi connectivity index (χ2v) is 7.00. The van der Waals surface area contributed by atoms with Crippen molar-refractivity contribution in [3.8, 4) is 5.75 Å². The highest BCUT2D eigenvalue weighted by atomic mass is 19.3. The van der Waals surface area contributed by atoms with Crippen molar-refractivity contribution in [2.45, 2.75) is 50.5 Å². The molecule has 3 fully saturated rings. The van der Waals surface area contributed by atoms with Gasteiger partial charge in [0.1, 0.15) is 5.75 Å². The molecule has 4 atom stereocenters. The van der Waals surface area contributed by atoms with Crippen molar-refractivity contribution in [3.63, 3.8) is 0 Å². The number of benzene rings is 1. The smallest absolute Gasteiger partial charge is 0.387 e. The molecule has 3 aliphatic heterocycles. The lowest BCUT2D eigenvalue weighted by Crippen LogP contribution is -2.43. The molecule has 3 heterocycles. The third-order valence-corrected chi connectivity index (χ3v) is 5.40. The molecule has 0 saturated carbocycles. The molecule has 0 aliphatic carbocycles. The third kappa shape index (κ3) is 3.42. The van der Waals surface area contributed by atoms with Crippen molar-refractivity contribution in [2.75, 3.05) is 18.0 Å². The largest absolute Gasteiger partial charge is 0.433 e. The first-order valence-corrected chi connectivity index (χ1v) is 8.85. The lowest BCUT2D eigenvalue weighted by Gasteiger charge is -2.23. The molecule has 4 rings (SSSR count). The van der Waals surface area contributed by atoms with Crippen LogP contribution in [0.1, 0.15) is 25.7 Å². The van der Waals surface area contributed by atoms with Gasteiger partial charge < -0.3 is 19.7 Å². The molecule has 0 aromatic heterocycles. The lowest BCUT2D eigenvalue weighted by atomic mass is 9.88. The molecule has 1 N–H and O–H groups in total. The summed E-state index contributed by atoms with van der Waals surface area (Å²) in [6.07, 6.45) is 3.96. The van der Waals surface area contributed by atoms with Crippen molar-refractivity contribution >= 4 is 11.6 Å². The zero-order valence-electron chi connectivity index (χ0n) is 13.9. The van der Waals surface area contributed by atoms with Crippen molar-refractivity contribution in [1.82, 2.24) is 5.32 Å². The SMILES string of the molecule is O=C(N[C@@H]1CCN(c2ccccc2OC(F)F)C1)[C@@H]1C[C@H]2CC[C@H]1O2. The number of hydrogen-bond acceptors (Lipinski definition) is 4. The van der Waals surface area contributed by atoms with Gasteiger partial charge in [0.05, 0.1) is 23.8 Å². The molecule has 0 spiro atoms. The zero-order valence-corrected chi connectivity index (χ0v) is 13.9. The highest BCUT2D eigenvalue weighted by Crippen LogP contribution is 2.39. The fraction of sp³-hybridized carbons (Fsp3) is 0.611. The normalized spacial score (nSPS) is 30.9. The van der Waals surface area contributed by atoms with Gasteiger partial charge in [-0.1, -0.05) is 12.1 Å². The molecule has 5 nitrogen and oxygen atoms in total. The topological polar surface area (TPSA) is 50.8 Å². The molecule has 25 heavy (non-hydrogen) atoms. The van der Waals surface area contributed by atoms with Crippen LogP contribution >= 0.6 is 0 Å². The van der Waals surface area contributed by atoms with Crippen LogP contribution in [0.25, 0.3) is 0 Å². The predicted octanol–water partition coefficient (Wildman–Crippen LogP) is 2.55. The van der Waals surface area contributed by atoms with Gasteiger partial charge in [-0.2, -0.15) is 8.78 Å². The van der Waals surface area contributed by atoms with Crippen molar-refractivity contribution in [2.24, 2.45) is 5.92 Å². The number of halogens is 2. The number of nitrogens with one attached hydrogen (secondary N) is 1. The van der Waals surface area contributed by atoms with E-state index in [2.05, 4.69) is 10.1 Å². The molecule has 1 amide bonds. The van der Waals surface area contributed by atoms with Crippen LogP contribution in [0.4, 0.5) is 14.5 Å². The van der Waals surface area contributed by atoms with Crippen molar-refractivity contribution in [1.29, 1.82) is 0 Å². The van der Waals surface area contributed by atoms with Gasteiger partial charge in [-0.3, -0.25) is 4.79 Å². The highest BCUT2D eigenvalue weighted by Gasteiger charge is 2.45. The van der Waals surface area contributed by atoms with E-state index in [4.69, 9.17) is 4.74 Å². The number of ether oxygens (including phenoxy) is 2. The first kappa shape index (κ1) is 16.6. The Morgan fingerprint density at radius 3 is 2.84 bits per heavy atom. The van der Waals surface area contributed by atoms with Crippen molar-refractivity contribution < 1.29 is 23.0 Å². The van der Waals surface area contributed by atoms with Gasteiger partial charge in [-0.15, -0.1) is 0 Å². The maximum Gasteiger partial charge on any atom is 0.387 e. The summed E-state index contributed by atoms with van der Waals surface area (Å²) < 4.78 is 35.5. The fourth-order valence-electron chi connectivity index (χ4n) is 4.23. The van der Waals surface area contributed by atoms with Crippen LogP contribution in [0.2, 0.25) is 0 Å². The summed E-state index contributed by atoms with van der Waals surface area (Å²) in [4.78, 5) is 14.5. The minimum atomic E-state index is -2.85. The zero-order chi connectivity index (χ0) is 17.4. The first-order valence-electron chi connectivity index (χ1n) is 8.85. The summed E-state index contributed by atoms with van der Waals surface area (Å²) in [7, 11) is 0. The Balaban J connectivity index is 1.36. The number of amides is 1. The third-order valence-electron chi connectivity index (χ3n) is 5.40. The average Bonchev–Trinajstić information content (AvgIpc) is 3.31. The minimum Gasteiger partial charge on any atom is -0.433 e. The van der Waals surface area contributed by atoms with Crippen LogP contribution in [0, 0.1) is 5.92 Å². The van der Waals surface area contributed by atoms with E-state index in [0.29, 0.717) is 18.8 Å². The van der Waals surface area contributed by atoms with E-state index in [9.17, 15) is 13.6 Å². The van der Waals surface area contributed by atoms with Crippen LogP contribution in [-0.2, 0) is 9.53 Å². The Hall–Kier alpha value is -1.89. The highest BCUT2D eigenvalue weighted by molar-refractivity contribution is 5.80. The average molecular weight is 352 g/mol. The van der Waals surface area contributed by atoms with Gasteiger partial charge >= 0.3 is 6.61 Å². The van der Waals surface area contributed by atoms with Crippen LogP contribution in [0.15, 0.2) is 24.3 Å². The molecule has 3 saturated heterocycles. The second-order valence-electron chi connectivity index (χ2n) is 7.00. The van der Waals surface area contributed by atoms with Crippen LogP contribution in [0.3, 0.4) is 0 Å². The Bertz CT molecular complexity index is 643. The van der Waals surface area contributed by atoms with E-state index in [0.717, 1.165) is 25.7 Å². The van der Waals surface area contributed by atoms with E-state index in [1.54, 1.807) is 24.3 Å².